The van der Waals surface area contributed by atoms with Gasteiger partial charge in [-0.3, -0.25) is 9.59 Å². The predicted octanol–water partition coefficient (Wildman–Crippen LogP) is 8.00. The Morgan fingerprint density at radius 2 is 1.08 bits per heavy atom. The minimum Gasteiger partial charge on any atom is -0.382 e. The first kappa shape index (κ1) is 54.3. The monoisotopic (exact) mass is 982 g/mol. The van der Waals surface area contributed by atoms with Crippen LogP contribution in [-0.2, 0) is 38.0 Å². The maximum absolute atomic E-state index is 14.5. The Kier molecular flexibility index (Phi) is 21.5. The van der Waals surface area contributed by atoms with Crippen LogP contribution in [0.3, 0.4) is 0 Å². The summed E-state index contributed by atoms with van der Waals surface area (Å²) in [4.78, 5) is 30.5. The van der Waals surface area contributed by atoms with Gasteiger partial charge in [0.05, 0.1) is 78.2 Å². The van der Waals surface area contributed by atoms with E-state index >= 15 is 0 Å². The molecule has 2 aliphatic rings. The van der Waals surface area contributed by atoms with E-state index in [-0.39, 0.29) is 50.0 Å². The SMILES string of the molecule is COCCOCCOCCNC(=O)/C(C#N)=C(/c1ccc2cc(N3CCCC(COCCOCCOCCNC(=O)/C(C#N)=C(\C)c4ccc5cc(N6CCCCC6)ccc5c4)C3)ccc2c1)C(F)(F)F. The summed E-state index contributed by atoms with van der Waals surface area (Å²) in [5.41, 5.74) is 1.06. The van der Waals surface area contributed by atoms with Crippen LogP contribution >= 0.6 is 0 Å². The zero-order valence-corrected chi connectivity index (χ0v) is 40.8. The number of fused-ring (bicyclic) bond motifs is 2. The first-order valence-corrected chi connectivity index (χ1v) is 24.4. The number of alkyl halides is 3. The average Bonchev–Trinajstić information content (AvgIpc) is 3.38. The molecule has 4 aromatic carbocycles. The molecule has 14 nitrogen and oxygen atoms in total. The molecule has 2 saturated heterocycles. The number of hydrogen-bond donors (Lipinski definition) is 2. The van der Waals surface area contributed by atoms with Crippen LogP contribution in [0, 0.1) is 28.6 Å². The third-order valence-electron chi connectivity index (χ3n) is 12.5. The van der Waals surface area contributed by atoms with E-state index in [1.807, 2.05) is 30.3 Å². The molecule has 0 spiro atoms. The van der Waals surface area contributed by atoms with Gasteiger partial charge in [0.2, 0.25) is 0 Å². The Morgan fingerprint density at radius 3 is 1.66 bits per heavy atom. The lowest BCUT2D eigenvalue weighted by Gasteiger charge is -2.34. The van der Waals surface area contributed by atoms with E-state index in [1.54, 1.807) is 26.2 Å². The molecule has 0 aliphatic carbocycles. The number of piperidine rings is 2. The van der Waals surface area contributed by atoms with Crippen molar-refractivity contribution in [3.63, 3.8) is 0 Å². The molecule has 6 rings (SSSR count). The van der Waals surface area contributed by atoms with Gasteiger partial charge in [-0.1, -0.05) is 36.4 Å². The van der Waals surface area contributed by atoms with Gasteiger partial charge in [-0.05, 0) is 120 Å². The number of amides is 2. The van der Waals surface area contributed by atoms with Crippen LogP contribution in [0.1, 0.15) is 50.2 Å². The highest BCUT2D eigenvalue weighted by molar-refractivity contribution is 6.07. The highest BCUT2D eigenvalue weighted by Gasteiger charge is 2.39. The normalized spacial score (nSPS) is 16.0. The summed E-state index contributed by atoms with van der Waals surface area (Å²) >= 11 is 0. The van der Waals surface area contributed by atoms with E-state index in [0.29, 0.717) is 63.8 Å². The van der Waals surface area contributed by atoms with Crippen molar-refractivity contribution in [1.82, 2.24) is 10.6 Å². The standard InChI is InChI=1S/C54H65F3N6O8/c1-39(41-8-9-44-33-47(14-12-42(44)31-41)62-18-4-3-5-19-62)49(35-58)52(64)60-16-21-67-26-28-70-29-30-71-38-40-7-6-20-63(37-40)48-15-13-43-32-46(11-10-45(43)34-48)51(54(55,56)57)50(36-59)53(65)61-17-22-68-25-27-69-24-23-66-2/h8-15,31-34,40H,3-7,16-30,37-38H2,1-2H3,(H,60,64)(H,61,65)/b49-39+,51-50-. The smallest absolute Gasteiger partial charge is 0.382 e. The minimum absolute atomic E-state index is 0.0295. The molecule has 2 amide bonds. The molecule has 0 bridgehead atoms. The van der Waals surface area contributed by atoms with E-state index in [4.69, 9.17) is 28.4 Å². The highest BCUT2D eigenvalue weighted by Crippen LogP contribution is 2.38. The molecule has 2 aliphatic heterocycles. The van der Waals surface area contributed by atoms with Gasteiger partial charge in [-0.15, -0.1) is 0 Å². The van der Waals surface area contributed by atoms with Crippen LogP contribution in [0.15, 0.2) is 83.9 Å². The Hall–Kier alpha value is -6.05. The van der Waals surface area contributed by atoms with Gasteiger partial charge in [0.1, 0.15) is 23.3 Å². The third-order valence-corrected chi connectivity index (χ3v) is 12.5. The van der Waals surface area contributed by atoms with Crippen LogP contribution in [0.5, 0.6) is 0 Å². The van der Waals surface area contributed by atoms with Crippen LogP contribution in [0.2, 0.25) is 0 Å². The highest BCUT2D eigenvalue weighted by atomic mass is 19.4. The Balaban J connectivity index is 0.875. The quantitative estimate of drug-likeness (QED) is 0.0354. The molecule has 2 heterocycles. The Bertz CT molecular complexity index is 2550. The van der Waals surface area contributed by atoms with E-state index < -0.39 is 29.1 Å². The van der Waals surface area contributed by atoms with Crippen LogP contribution in [0.25, 0.3) is 32.7 Å². The number of methoxy groups -OCH3 is 1. The largest absolute Gasteiger partial charge is 0.418 e. The van der Waals surface area contributed by atoms with Crippen molar-refractivity contribution in [3.8, 4) is 12.1 Å². The van der Waals surface area contributed by atoms with Crippen molar-refractivity contribution in [2.45, 2.75) is 45.2 Å². The zero-order chi connectivity index (χ0) is 50.4. The fourth-order valence-corrected chi connectivity index (χ4v) is 8.76. The van der Waals surface area contributed by atoms with Crippen LogP contribution < -0.4 is 20.4 Å². The number of nitrogens with zero attached hydrogens (tertiary/aromatic N) is 4. The maximum atomic E-state index is 14.5. The lowest BCUT2D eigenvalue weighted by atomic mass is 9.95. The van der Waals surface area contributed by atoms with E-state index in [0.717, 1.165) is 66.4 Å². The minimum atomic E-state index is -4.97. The molecule has 0 saturated carbocycles. The summed E-state index contributed by atoms with van der Waals surface area (Å²) in [5, 5.41) is 28.2. The van der Waals surface area contributed by atoms with Crippen molar-refractivity contribution in [3.05, 3.63) is 95.1 Å². The fraction of sp³-hybridized carbons (Fsp3) is 0.481. The molecule has 17 heteroatoms. The fourth-order valence-electron chi connectivity index (χ4n) is 8.76. The zero-order valence-electron chi connectivity index (χ0n) is 40.8. The summed E-state index contributed by atoms with van der Waals surface area (Å²) in [6, 6.07) is 25.8. The van der Waals surface area contributed by atoms with E-state index in [1.165, 1.54) is 43.2 Å². The molecule has 380 valence electrons. The molecular weight excluding hydrogens is 918 g/mol. The second kappa shape index (κ2) is 28.1. The van der Waals surface area contributed by atoms with Crippen LogP contribution in [-0.4, -0.2) is 137 Å². The molecule has 4 aromatic rings. The van der Waals surface area contributed by atoms with Gasteiger partial charge >= 0.3 is 6.18 Å². The molecular formula is C54H65F3N6O8. The Morgan fingerprint density at radius 1 is 0.606 bits per heavy atom. The van der Waals surface area contributed by atoms with E-state index in [9.17, 15) is 33.3 Å². The summed E-state index contributed by atoms with van der Waals surface area (Å²) in [6.07, 6.45) is 0.675. The van der Waals surface area contributed by atoms with Crippen molar-refractivity contribution >= 4 is 55.9 Å². The first-order chi connectivity index (χ1) is 34.5. The Labute approximate surface area is 414 Å². The molecule has 1 atom stereocenters. The van der Waals surface area contributed by atoms with Crippen molar-refractivity contribution < 1.29 is 51.2 Å². The van der Waals surface area contributed by atoms with Gasteiger partial charge in [0.25, 0.3) is 11.8 Å². The summed E-state index contributed by atoms with van der Waals surface area (Å²) in [5.74, 6) is -1.31. The van der Waals surface area contributed by atoms with Gasteiger partial charge in [-0.25, -0.2) is 0 Å². The summed E-state index contributed by atoms with van der Waals surface area (Å²) in [6.45, 7) is 9.34. The lowest BCUT2D eigenvalue weighted by molar-refractivity contribution is -0.118. The summed E-state index contributed by atoms with van der Waals surface area (Å²) in [7, 11) is 1.55. The second-order valence-electron chi connectivity index (χ2n) is 17.5. The van der Waals surface area contributed by atoms with Gasteiger partial charge in [0.15, 0.2) is 0 Å². The number of anilines is 2. The number of ether oxygens (including phenoxy) is 6. The molecule has 71 heavy (non-hydrogen) atoms. The molecule has 2 N–H and O–H groups in total. The van der Waals surface area contributed by atoms with Crippen molar-refractivity contribution in [2.75, 3.05) is 129 Å². The summed E-state index contributed by atoms with van der Waals surface area (Å²) < 4.78 is 76.2. The molecule has 0 aromatic heterocycles. The molecule has 0 radical (unpaired) electrons. The predicted molar refractivity (Wildman–Crippen MR) is 268 cm³/mol. The number of nitriles is 2. The van der Waals surface area contributed by atoms with Crippen LogP contribution in [0.4, 0.5) is 24.5 Å². The number of hydrogen-bond acceptors (Lipinski definition) is 12. The maximum Gasteiger partial charge on any atom is 0.418 e. The van der Waals surface area contributed by atoms with Crippen molar-refractivity contribution in [2.24, 2.45) is 5.92 Å². The number of halogens is 3. The number of rotatable bonds is 26. The third kappa shape index (κ3) is 16.2. The van der Waals surface area contributed by atoms with E-state index in [2.05, 4.69) is 44.7 Å². The number of nitrogens with one attached hydrogen (secondary N) is 2. The number of allylic oxidation sites excluding steroid dienone is 2. The second-order valence-corrected chi connectivity index (χ2v) is 17.5. The first-order valence-electron chi connectivity index (χ1n) is 24.4. The van der Waals surface area contributed by atoms with Gasteiger partial charge in [-0.2, -0.15) is 23.7 Å². The van der Waals surface area contributed by atoms with Gasteiger partial charge in [0, 0.05) is 57.8 Å². The van der Waals surface area contributed by atoms with Crippen molar-refractivity contribution in [1.29, 1.82) is 10.5 Å². The number of carbonyl (C=O) groups excluding carboxylic acids is 2. The number of carbonyl (C=O) groups is 2. The molecule has 2 fully saturated rings. The van der Waals surface area contributed by atoms with Gasteiger partial charge < -0.3 is 48.9 Å². The average molecular weight is 983 g/mol. The molecule has 1 unspecified atom stereocenters. The number of benzene rings is 4. The lowest BCUT2D eigenvalue weighted by Crippen LogP contribution is -2.37. The topological polar surface area (TPSA) is 168 Å².